The first-order chi connectivity index (χ1) is 7.91. The van der Waals surface area contributed by atoms with Crippen LogP contribution >= 0.6 is 0 Å². The molecule has 0 spiro atoms. The van der Waals surface area contributed by atoms with E-state index >= 15 is 0 Å². The van der Waals surface area contributed by atoms with Crippen molar-refractivity contribution in [2.45, 2.75) is 38.3 Å². The molecule has 4 heteroatoms. The number of sulfonamides is 1. The molecule has 1 aliphatic heterocycles. The maximum atomic E-state index is 11.8. The number of nitrogens with zero attached hydrogens (tertiary/aromatic N) is 1. The van der Waals surface area contributed by atoms with Crippen molar-refractivity contribution in [2.24, 2.45) is 0 Å². The molecule has 3 nitrogen and oxygen atoms in total. The van der Waals surface area contributed by atoms with E-state index in [1.54, 1.807) is 4.31 Å². The molecule has 1 aliphatic rings. The van der Waals surface area contributed by atoms with Crippen molar-refractivity contribution in [1.29, 1.82) is 0 Å². The predicted octanol–water partition coefficient (Wildman–Crippen LogP) is 2.21. The molecule has 0 amide bonds. The van der Waals surface area contributed by atoms with Gasteiger partial charge in [-0.05, 0) is 25.8 Å². The molecule has 0 radical (unpaired) electrons. The van der Waals surface area contributed by atoms with E-state index in [0.29, 0.717) is 5.92 Å². The Bertz CT molecular complexity index is 483. The summed E-state index contributed by atoms with van der Waals surface area (Å²) in [6, 6.07) is 10.3. The molecule has 0 N–H and O–H groups in total. The normalized spacial score (nSPS) is 30.6. The highest BCUT2D eigenvalue weighted by atomic mass is 32.2. The molecule has 1 saturated heterocycles. The lowest BCUT2D eigenvalue weighted by atomic mass is 9.92. The van der Waals surface area contributed by atoms with Gasteiger partial charge in [0, 0.05) is 18.0 Å². The van der Waals surface area contributed by atoms with E-state index in [9.17, 15) is 8.42 Å². The number of hydrogen-bond donors (Lipinski definition) is 0. The van der Waals surface area contributed by atoms with Gasteiger partial charge in [-0.2, -0.15) is 4.31 Å². The van der Waals surface area contributed by atoms with Gasteiger partial charge < -0.3 is 0 Å². The smallest absolute Gasteiger partial charge is 0.211 e. The van der Waals surface area contributed by atoms with Crippen molar-refractivity contribution in [1.82, 2.24) is 4.31 Å². The second-order valence-electron chi connectivity index (χ2n) is 4.94. The average Bonchev–Trinajstić information content (AvgIpc) is 2.54. The maximum Gasteiger partial charge on any atom is 0.211 e. The van der Waals surface area contributed by atoms with Crippen molar-refractivity contribution < 1.29 is 8.42 Å². The van der Waals surface area contributed by atoms with Crippen LogP contribution in [0.4, 0.5) is 0 Å². The summed E-state index contributed by atoms with van der Waals surface area (Å²) in [7, 11) is -3.11. The van der Waals surface area contributed by atoms with Gasteiger partial charge in [0.15, 0.2) is 0 Å². The molecule has 0 saturated carbocycles. The Kier molecular flexibility index (Phi) is 3.27. The van der Waals surface area contributed by atoms with E-state index in [4.69, 9.17) is 0 Å². The van der Waals surface area contributed by atoms with Crippen LogP contribution in [-0.2, 0) is 10.0 Å². The third-order valence-corrected chi connectivity index (χ3v) is 5.08. The minimum Gasteiger partial charge on any atom is -0.212 e. The van der Waals surface area contributed by atoms with Gasteiger partial charge in [-0.15, -0.1) is 0 Å². The monoisotopic (exact) mass is 253 g/mol. The van der Waals surface area contributed by atoms with Crippen LogP contribution in [-0.4, -0.2) is 31.1 Å². The summed E-state index contributed by atoms with van der Waals surface area (Å²) in [5.41, 5.74) is 1.23. The number of hydrogen-bond acceptors (Lipinski definition) is 2. The van der Waals surface area contributed by atoms with E-state index in [0.717, 1.165) is 6.42 Å². The standard InChI is InChI=1S/C13H19NO2S/c1-10-9-13(12-7-5-4-6-8-12)11(2)14(10)17(3,15)16/h4-8,10-11,13H,9H2,1-3H3. The fraction of sp³-hybridized carbons (Fsp3) is 0.538. The molecule has 0 aromatic heterocycles. The van der Waals surface area contributed by atoms with Gasteiger partial charge >= 0.3 is 0 Å². The van der Waals surface area contributed by atoms with Crippen molar-refractivity contribution in [3.8, 4) is 0 Å². The lowest BCUT2D eigenvalue weighted by molar-refractivity contribution is 0.346. The summed E-state index contributed by atoms with van der Waals surface area (Å²) in [4.78, 5) is 0. The summed E-state index contributed by atoms with van der Waals surface area (Å²) in [5, 5.41) is 0. The molecule has 94 valence electrons. The molecular weight excluding hydrogens is 234 g/mol. The SMILES string of the molecule is CC1CC(c2ccccc2)C(C)N1S(C)(=O)=O. The summed E-state index contributed by atoms with van der Waals surface area (Å²) >= 11 is 0. The first-order valence-corrected chi connectivity index (χ1v) is 7.79. The maximum absolute atomic E-state index is 11.8. The Labute approximate surface area is 104 Å². The van der Waals surface area contributed by atoms with Gasteiger partial charge in [-0.3, -0.25) is 0 Å². The van der Waals surface area contributed by atoms with E-state index < -0.39 is 10.0 Å². The second kappa shape index (κ2) is 4.42. The van der Waals surface area contributed by atoms with E-state index in [1.807, 2.05) is 32.0 Å². The van der Waals surface area contributed by atoms with Crippen LogP contribution in [0.1, 0.15) is 31.7 Å². The first-order valence-electron chi connectivity index (χ1n) is 5.94. The molecule has 3 unspecified atom stereocenters. The molecule has 2 rings (SSSR count). The van der Waals surface area contributed by atoms with Gasteiger partial charge in [0.05, 0.1) is 6.26 Å². The summed E-state index contributed by atoms with van der Waals surface area (Å²) in [6.07, 6.45) is 2.20. The van der Waals surface area contributed by atoms with Crippen molar-refractivity contribution >= 4 is 10.0 Å². The molecule has 1 fully saturated rings. The summed E-state index contributed by atoms with van der Waals surface area (Å²) in [5.74, 6) is 0.306. The third-order valence-electron chi connectivity index (χ3n) is 3.62. The van der Waals surface area contributed by atoms with Gasteiger partial charge in [-0.25, -0.2) is 8.42 Å². The zero-order valence-electron chi connectivity index (χ0n) is 10.5. The highest BCUT2D eigenvalue weighted by Crippen LogP contribution is 2.38. The Balaban J connectivity index is 2.31. The van der Waals surface area contributed by atoms with E-state index in [1.165, 1.54) is 11.8 Å². The van der Waals surface area contributed by atoms with Gasteiger partial charge in [0.25, 0.3) is 0 Å². The minimum absolute atomic E-state index is 0.0439. The van der Waals surface area contributed by atoms with Gasteiger partial charge in [-0.1, -0.05) is 30.3 Å². The van der Waals surface area contributed by atoms with Gasteiger partial charge in [0.2, 0.25) is 10.0 Å². The van der Waals surface area contributed by atoms with Crippen LogP contribution in [0.25, 0.3) is 0 Å². The fourth-order valence-corrected chi connectivity index (χ4v) is 4.48. The second-order valence-corrected chi connectivity index (χ2v) is 6.82. The first kappa shape index (κ1) is 12.6. The molecule has 0 aliphatic carbocycles. The molecule has 1 aromatic rings. The molecule has 1 heterocycles. The molecule has 0 bridgehead atoms. The van der Waals surface area contributed by atoms with Gasteiger partial charge in [0.1, 0.15) is 0 Å². The van der Waals surface area contributed by atoms with E-state index in [2.05, 4.69) is 12.1 Å². The molecular formula is C13H19NO2S. The van der Waals surface area contributed by atoms with Crippen molar-refractivity contribution in [2.75, 3.05) is 6.26 Å². The fourth-order valence-electron chi connectivity index (χ4n) is 2.99. The third kappa shape index (κ3) is 2.38. The topological polar surface area (TPSA) is 37.4 Å². The van der Waals surface area contributed by atoms with Crippen LogP contribution in [0.3, 0.4) is 0 Å². The van der Waals surface area contributed by atoms with Crippen molar-refractivity contribution in [3.05, 3.63) is 35.9 Å². The predicted molar refractivity (Wildman–Crippen MR) is 69.4 cm³/mol. The molecule has 3 atom stereocenters. The number of rotatable bonds is 2. The summed E-state index contributed by atoms with van der Waals surface area (Å²) < 4.78 is 25.2. The zero-order chi connectivity index (χ0) is 12.6. The Morgan fingerprint density at radius 3 is 2.24 bits per heavy atom. The number of benzene rings is 1. The Hall–Kier alpha value is -0.870. The van der Waals surface area contributed by atoms with Crippen LogP contribution in [0, 0.1) is 0 Å². The largest absolute Gasteiger partial charge is 0.212 e. The highest BCUT2D eigenvalue weighted by molar-refractivity contribution is 7.88. The highest BCUT2D eigenvalue weighted by Gasteiger charge is 2.41. The van der Waals surface area contributed by atoms with Crippen LogP contribution in [0.5, 0.6) is 0 Å². The minimum atomic E-state index is -3.11. The molecule has 1 aromatic carbocycles. The lowest BCUT2D eigenvalue weighted by Gasteiger charge is -2.25. The van der Waals surface area contributed by atoms with E-state index in [-0.39, 0.29) is 12.1 Å². The van der Waals surface area contributed by atoms with Crippen molar-refractivity contribution in [3.63, 3.8) is 0 Å². The zero-order valence-corrected chi connectivity index (χ0v) is 11.3. The van der Waals surface area contributed by atoms with Crippen LogP contribution in [0.2, 0.25) is 0 Å². The summed E-state index contributed by atoms with van der Waals surface area (Å²) in [6.45, 7) is 3.99. The Morgan fingerprint density at radius 1 is 1.18 bits per heavy atom. The quantitative estimate of drug-likeness (QED) is 0.810. The Morgan fingerprint density at radius 2 is 1.76 bits per heavy atom. The van der Waals surface area contributed by atoms with Crippen LogP contribution < -0.4 is 0 Å². The lowest BCUT2D eigenvalue weighted by Crippen LogP contribution is -2.38. The van der Waals surface area contributed by atoms with Crippen LogP contribution in [0.15, 0.2) is 30.3 Å². The molecule has 17 heavy (non-hydrogen) atoms. The average molecular weight is 253 g/mol.